The molecule has 0 fully saturated rings. The number of non-ortho nitro benzene ring substituents is 1. The van der Waals surface area contributed by atoms with Gasteiger partial charge >= 0.3 is 0 Å². The van der Waals surface area contributed by atoms with E-state index in [1.165, 1.54) is 24.3 Å². The second-order valence-corrected chi connectivity index (χ2v) is 7.31. The molecule has 8 heteroatoms. The number of anilines is 2. The fourth-order valence-electron chi connectivity index (χ4n) is 3.25. The van der Waals surface area contributed by atoms with E-state index in [2.05, 4.69) is 10.6 Å². The first-order valence-corrected chi connectivity index (χ1v) is 9.79. The summed E-state index contributed by atoms with van der Waals surface area (Å²) < 4.78 is 5.74. The quantitative estimate of drug-likeness (QED) is 0.323. The molecule has 0 saturated carbocycles. The molecular formula is C24H19N3O5. The summed E-state index contributed by atoms with van der Waals surface area (Å²) in [4.78, 5) is 36.2. The molecule has 2 N–H and O–H groups in total. The highest BCUT2D eigenvalue weighted by Gasteiger charge is 2.23. The zero-order valence-corrected chi connectivity index (χ0v) is 17.3. The van der Waals surface area contributed by atoms with Crippen molar-refractivity contribution in [1.29, 1.82) is 0 Å². The summed E-state index contributed by atoms with van der Waals surface area (Å²) in [5.41, 5.74) is 3.46. The number of nitrogens with one attached hydrogen (secondary N) is 2. The van der Waals surface area contributed by atoms with Crippen LogP contribution in [0.5, 0.6) is 0 Å². The number of carbonyl (C=O) groups is 2. The van der Waals surface area contributed by atoms with Gasteiger partial charge in [-0.05, 0) is 61.4 Å². The number of fused-ring (bicyclic) bond motifs is 1. The van der Waals surface area contributed by atoms with E-state index >= 15 is 0 Å². The molecule has 160 valence electrons. The molecule has 0 bridgehead atoms. The van der Waals surface area contributed by atoms with Gasteiger partial charge in [-0.15, -0.1) is 0 Å². The van der Waals surface area contributed by atoms with Crippen LogP contribution in [0.1, 0.15) is 32.0 Å². The van der Waals surface area contributed by atoms with Crippen molar-refractivity contribution in [3.63, 3.8) is 0 Å². The van der Waals surface area contributed by atoms with Crippen LogP contribution < -0.4 is 10.6 Å². The first kappa shape index (κ1) is 20.8. The second-order valence-electron chi connectivity index (χ2n) is 7.31. The van der Waals surface area contributed by atoms with Gasteiger partial charge in [0.1, 0.15) is 11.3 Å². The van der Waals surface area contributed by atoms with E-state index < -0.39 is 10.8 Å². The predicted octanol–water partition coefficient (Wildman–Crippen LogP) is 5.46. The summed E-state index contributed by atoms with van der Waals surface area (Å²) >= 11 is 0. The lowest BCUT2D eigenvalue weighted by Gasteiger charge is -2.09. The molecule has 32 heavy (non-hydrogen) atoms. The van der Waals surface area contributed by atoms with Crippen molar-refractivity contribution in [2.45, 2.75) is 13.8 Å². The summed E-state index contributed by atoms with van der Waals surface area (Å²) in [5.74, 6) is -1.03. The van der Waals surface area contributed by atoms with Gasteiger partial charge in [0.2, 0.25) is 5.76 Å². The molecule has 0 radical (unpaired) electrons. The second kappa shape index (κ2) is 8.35. The van der Waals surface area contributed by atoms with Crippen molar-refractivity contribution < 1.29 is 18.9 Å². The Morgan fingerprint density at radius 3 is 2.28 bits per heavy atom. The highest BCUT2D eigenvalue weighted by molar-refractivity contribution is 6.16. The lowest BCUT2D eigenvalue weighted by Crippen LogP contribution is -2.17. The minimum atomic E-state index is -0.592. The first-order valence-electron chi connectivity index (χ1n) is 9.79. The van der Waals surface area contributed by atoms with Crippen molar-refractivity contribution in [3.8, 4) is 0 Å². The summed E-state index contributed by atoms with van der Waals surface area (Å²) in [6.07, 6.45) is 0. The minimum absolute atomic E-state index is 0.0678. The molecule has 4 aromatic rings. The van der Waals surface area contributed by atoms with Gasteiger partial charge in [-0.1, -0.05) is 18.2 Å². The van der Waals surface area contributed by atoms with E-state index in [4.69, 9.17) is 4.42 Å². The van der Waals surface area contributed by atoms with Gasteiger partial charge in [-0.3, -0.25) is 19.7 Å². The van der Waals surface area contributed by atoms with Crippen molar-refractivity contribution in [2.24, 2.45) is 0 Å². The van der Waals surface area contributed by atoms with Crippen LogP contribution in [0.2, 0.25) is 0 Å². The Kier molecular flexibility index (Phi) is 5.43. The third-order valence-electron chi connectivity index (χ3n) is 5.15. The first-order chi connectivity index (χ1) is 15.3. The summed E-state index contributed by atoms with van der Waals surface area (Å²) in [5, 5.41) is 16.9. The normalized spacial score (nSPS) is 10.7. The Hall–Kier alpha value is -4.46. The molecule has 0 aliphatic rings. The molecule has 3 aromatic carbocycles. The zero-order chi connectivity index (χ0) is 22.8. The fraction of sp³-hybridized carbons (Fsp3) is 0.0833. The molecule has 0 aliphatic carbocycles. The molecular weight excluding hydrogens is 410 g/mol. The number of amides is 2. The number of para-hydroxylation sites is 1. The maximum atomic E-state index is 13.0. The Morgan fingerprint density at radius 1 is 0.875 bits per heavy atom. The molecule has 0 spiro atoms. The molecule has 1 heterocycles. The third-order valence-corrected chi connectivity index (χ3v) is 5.15. The van der Waals surface area contributed by atoms with Crippen LogP contribution >= 0.6 is 0 Å². The Labute approximate surface area is 183 Å². The van der Waals surface area contributed by atoms with Crippen LogP contribution in [0.4, 0.5) is 17.1 Å². The smallest absolute Gasteiger partial charge is 0.293 e. The minimum Gasteiger partial charge on any atom is -0.449 e. The van der Waals surface area contributed by atoms with Gasteiger partial charge in [0.05, 0.1) is 4.92 Å². The number of hydrogen-bond acceptors (Lipinski definition) is 5. The number of carbonyl (C=O) groups excluding carboxylic acids is 2. The molecule has 0 atom stereocenters. The van der Waals surface area contributed by atoms with Gasteiger partial charge in [0, 0.05) is 28.8 Å². The van der Waals surface area contributed by atoms with Gasteiger partial charge in [0.25, 0.3) is 17.5 Å². The van der Waals surface area contributed by atoms with E-state index in [0.29, 0.717) is 22.2 Å². The Balaban J connectivity index is 1.66. The van der Waals surface area contributed by atoms with Crippen molar-refractivity contribution >= 4 is 39.8 Å². The average molecular weight is 429 g/mol. The number of hydrogen-bond donors (Lipinski definition) is 2. The van der Waals surface area contributed by atoms with Gasteiger partial charge in [-0.2, -0.15) is 0 Å². The van der Waals surface area contributed by atoms with Gasteiger partial charge in [-0.25, -0.2) is 0 Å². The number of nitrogens with zero attached hydrogens (tertiary/aromatic N) is 1. The summed E-state index contributed by atoms with van der Waals surface area (Å²) in [6.45, 7) is 3.88. The summed E-state index contributed by atoms with van der Waals surface area (Å²) in [7, 11) is 0. The van der Waals surface area contributed by atoms with Crippen LogP contribution in [0.15, 0.2) is 71.1 Å². The monoisotopic (exact) mass is 429 g/mol. The number of nitro benzene ring substituents is 1. The number of rotatable bonds is 5. The van der Waals surface area contributed by atoms with Crippen LogP contribution in [-0.4, -0.2) is 16.7 Å². The van der Waals surface area contributed by atoms with E-state index in [1.807, 2.05) is 19.9 Å². The molecule has 2 amide bonds. The highest BCUT2D eigenvalue weighted by atomic mass is 16.6. The number of nitro groups is 1. The molecule has 0 saturated heterocycles. The largest absolute Gasteiger partial charge is 0.449 e. The molecule has 1 aromatic heterocycles. The van der Waals surface area contributed by atoms with Crippen LogP contribution in [0.3, 0.4) is 0 Å². The summed E-state index contributed by atoms with van der Waals surface area (Å²) in [6, 6.07) is 17.8. The molecule has 0 unspecified atom stereocenters. The van der Waals surface area contributed by atoms with E-state index in [1.54, 1.807) is 36.4 Å². The topological polar surface area (TPSA) is 114 Å². The third kappa shape index (κ3) is 4.06. The van der Waals surface area contributed by atoms with Crippen molar-refractivity contribution in [1.82, 2.24) is 0 Å². The van der Waals surface area contributed by atoms with Crippen molar-refractivity contribution in [2.75, 3.05) is 10.6 Å². The van der Waals surface area contributed by atoms with Gasteiger partial charge in [0.15, 0.2) is 0 Å². The van der Waals surface area contributed by atoms with Crippen molar-refractivity contribution in [3.05, 3.63) is 99.3 Å². The predicted molar refractivity (Wildman–Crippen MR) is 121 cm³/mol. The van der Waals surface area contributed by atoms with Crippen LogP contribution in [0.25, 0.3) is 11.0 Å². The lowest BCUT2D eigenvalue weighted by atomic mass is 10.1. The van der Waals surface area contributed by atoms with Crippen LogP contribution in [-0.2, 0) is 0 Å². The average Bonchev–Trinajstić information content (AvgIpc) is 3.14. The number of furan rings is 1. The zero-order valence-electron chi connectivity index (χ0n) is 17.3. The van der Waals surface area contributed by atoms with Gasteiger partial charge < -0.3 is 15.1 Å². The highest BCUT2D eigenvalue weighted by Crippen LogP contribution is 2.32. The molecule has 0 aliphatic heterocycles. The standard InChI is InChI=1S/C24H19N3O5/c1-14-7-8-16(13-15(14)2)23(28)26-21-19-5-3-4-6-20(19)32-22(21)24(29)25-17-9-11-18(12-10-17)27(30)31/h3-13H,1-2H3,(H,25,29)(H,26,28). The van der Waals surface area contributed by atoms with E-state index in [9.17, 15) is 19.7 Å². The van der Waals surface area contributed by atoms with E-state index in [-0.39, 0.29) is 23.0 Å². The Morgan fingerprint density at radius 2 is 1.59 bits per heavy atom. The van der Waals surface area contributed by atoms with Crippen LogP contribution in [0, 0.1) is 24.0 Å². The molecule has 8 nitrogen and oxygen atoms in total. The molecule has 4 rings (SSSR count). The Bertz CT molecular complexity index is 1360. The fourth-order valence-corrected chi connectivity index (χ4v) is 3.25. The van der Waals surface area contributed by atoms with E-state index in [0.717, 1.165) is 11.1 Å². The number of aryl methyl sites for hydroxylation is 2. The lowest BCUT2D eigenvalue weighted by molar-refractivity contribution is -0.384. The SMILES string of the molecule is Cc1ccc(C(=O)Nc2c(C(=O)Nc3ccc([N+](=O)[O-])cc3)oc3ccccc23)cc1C. The number of benzene rings is 3. The maximum absolute atomic E-state index is 13.0. The maximum Gasteiger partial charge on any atom is 0.293 e.